The molecule has 0 aliphatic heterocycles. The molecule has 2 heterocycles. The molecule has 0 radical (unpaired) electrons. The largest absolute Gasteiger partial charge is 0.481 e. The van der Waals surface area contributed by atoms with Gasteiger partial charge < -0.3 is 18.8 Å². The van der Waals surface area contributed by atoms with Crippen LogP contribution in [-0.4, -0.2) is 46.8 Å². The monoisotopic (exact) mass is 400 g/mol. The van der Waals surface area contributed by atoms with E-state index < -0.39 is 5.97 Å². The molecular weight excluding hydrogens is 380 g/mol. The first-order chi connectivity index (χ1) is 13.6. The zero-order chi connectivity index (χ0) is 20.1. The van der Waals surface area contributed by atoms with E-state index in [-0.39, 0.29) is 5.25 Å². The van der Waals surface area contributed by atoms with Gasteiger partial charge in [-0.25, -0.2) is 9.78 Å². The summed E-state index contributed by atoms with van der Waals surface area (Å²) in [7, 11) is 6.18. The molecule has 3 aromatic rings. The van der Waals surface area contributed by atoms with E-state index in [0.29, 0.717) is 28.4 Å². The van der Waals surface area contributed by atoms with Crippen LogP contribution in [0.25, 0.3) is 0 Å². The third-order valence-corrected chi connectivity index (χ3v) is 5.32. The molecule has 0 unspecified atom stereocenters. The summed E-state index contributed by atoms with van der Waals surface area (Å²) in [5.41, 5.74) is 1.34. The highest BCUT2D eigenvalue weighted by atomic mass is 32.2. The zero-order valence-corrected chi connectivity index (χ0v) is 16.8. The van der Waals surface area contributed by atoms with E-state index in [2.05, 4.69) is 15.0 Å². The van der Waals surface area contributed by atoms with Crippen molar-refractivity contribution >= 4 is 17.7 Å². The van der Waals surface area contributed by atoms with Gasteiger partial charge in [0, 0.05) is 7.05 Å². The normalized spacial score (nSPS) is 11.7. The standard InChI is InChI=1S/C19H20N4O4S/c1-23-13(18(24)27-4)11-20-19(23)28-16(12-8-6-5-7-9-12)17-21-14(25-2)10-15(22-17)26-3/h5-11,16H,1-4H3/t16-/m0/s1. The minimum atomic E-state index is -0.447. The van der Waals surface area contributed by atoms with Gasteiger partial charge in [0.05, 0.1) is 38.8 Å². The summed E-state index contributed by atoms with van der Waals surface area (Å²) in [4.78, 5) is 25.3. The minimum absolute atomic E-state index is 0.295. The van der Waals surface area contributed by atoms with E-state index in [1.165, 1.54) is 39.3 Å². The molecule has 0 saturated heterocycles. The Hall–Kier alpha value is -3.07. The molecule has 8 nitrogen and oxygen atoms in total. The van der Waals surface area contributed by atoms with Crippen molar-refractivity contribution in [2.24, 2.45) is 7.05 Å². The van der Waals surface area contributed by atoms with Crippen molar-refractivity contribution in [3.63, 3.8) is 0 Å². The van der Waals surface area contributed by atoms with Crippen LogP contribution in [0.5, 0.6) is 11.8 Å². The maximum absolute atomic E-state index is 11.9. The minimum Gasteiger partial charge on any atom is -0.481 e. The summed E-state index contributed by atoms with van der Waals surface area (Å²) < 4.78 is 17.1. The average molecular weight is 400 g/mol. The number of benzene rings is 1. The van der Waals surface area contributed by atoms with E-state index >= 15 is 0 Å². The Balaban J connectivity index is 2.05. The highest BCUT2D eigenvalue weighted by Crippen LogP contribution is 2.39. The molecule has 0 aliphatic rings. The number of carbonyl (C=O) groups is 1. The third-order valence-electron chi connectivity index (χ3n) is 4.01. The topological polar surface area (TPSA) is 88.4 Å². The van der Waals surface area contributed by atoms with Gasteiger partial charge in [0.2, 0.25) is 11.8 Å². The van der Waals surface area contributed by atoms with Crippen LogP contribution in [-0.2, 0) is 11.8 Å². The first kappa shape index (κ1) is 19.7. The second-order valence-corrected chi connectivity index (χ2v) is 6.77. The second-order valence-electron chi connectivity index (χ2n) is 5.70. The number of nitrogens with zero attached hydrogens (tertiary/aromatic N) is 4. The number of thioether (sulfide) groups is 1. The summed E-state index contributed by atoms with van der Waals surface area (Å²) in [6, 6.07) is 11.4. The number of hydrogen-bond donors (Lipinski definition) is 0. The summed E-state index contributed by atoms with van der Waals surface area (Å²) in [6.07, 6.45) is 1.49. The lowest BCUT2D eigenvalue weighted by Gasteiger charge is -2.17. The van der Waals surface area contributed by atoms with E-state index in [1.54, 1.807) is 17.7 Å². The molecule has 3 rings (SSSR count). The van der Waals surface area contributed by atoms with Gasteiger partial charge in [-0.2, -0.15) is 9.97 Å². The zero-order valence-electron chi connectivity index (χ0n) is 15.9. The molecule has 9 heteroatoms. The van der Waals surface area contributed by atoms with Crippen LogP contribution in [0.1, 0.15) is 27.1 Å². The quantitative estimate of drug-likeness (QED) is 0.442. The molecule has 2 aromatic heterocycles. The fourth-order valence-electron chi connectivity index (χ4n) is 2.55. The van der Waals surface area contributed by atoms with Crippen molar-refractivity contribution in [1.29, 1.82) is 0 Å². The Morgan fingerprint density at radius 2 is 1.71 bits per heavy atom. The van der Waals surface area contributed by atoms with Gasteiger partial charge in [-0.3, -0.25) is 0 Å². The van der Waals surface area contributed by atoms with Crippen molar-refractivity contribution < 1.29 is 19.0 Å². The lowest BCUT2D eigenvalue weighted by molar-refractivity contribution is 0.0589. The molecule has 0 amide bonds. The van der Waals surface area contributed by atoms with Gasteiger partial charge in [0.25, 0.3) is 0 Å². The Morgan fingerprint density at radius 1 is 1.07 bits per heavy atom. The Labute approximate surface area is 166 Å². The van der Waals surface area contributed by atoms with Crippen molar-refractivity contribution in [2.75, 3.05) is 21.3 Å². The molecule has 0 fully saturated rings. The van der Waals surface area contributed by atoms with Crippen molar-refractivity contribution in [3.8, 4) is 11.8 Å². The maximum Gasteiger partial charge on any atom is 0.356 e. The van der Waals surface area contributed by atoms with Gasteiger partial charge in [-0.05, 0) is 5.56 Å². The molecule has 1 aromatic carbocycles. The van der Waals surface area contributed by atoms with Gasteiger partial charge >= 0.3 is 5.97 Å². The maximum atomic E-state index is 11.9. The Morgan fingerprint density at radius 3 is 2.29 bits per heavy atom. The number of rotatable bonds is 7. The molecule has 0 spiro atoms. The number of methoxy groups -OCH3 is 3. The van der Waals surface area contributed by atoms with Crippen LogP contribution in [0.4, 0.5) is 0 Å². The number of imidazole rings is 1. The van der Waals surface area contributed by atoms with Gasteiger partial charge in [0.1, 0.15) is 5.69 Å². The Bertz CT molecular complexity index is 940. The van der Waals surface area contributed by atoms with E-state index in [9.17, 15) is 4.79 Å². The van der Waals surface area contributed by atoms with Gasteiger partial charge in [-0.1, -0.05) is 42.1 Å². The van der Waals surface area contributed by atoms with E-state index in [0.717, 1.165) is 5.56 Å². The summed E-state index contributed by atoms with van der Waals surface area (Å²) >= 11 is 1.42. The summed E-state index contributed by atoms with van der Waals surface area (Å²) in [5, 5.41) is 0.330. The van der Waals surface area contributed by atoms with Crippen LogP contribution < -0.4 is 9.47 Å². The van der Waals surface area contributed by atoms with Gasteiger partial charge in [-0.15, -0.1) is 0 Å². The van der Waals surface area contributed by atoms with E-state index in [1.807, 2.05) is 30.3 Å². The summed E-state index contributed by atoms with van der Waals surface area (Å²) in [5.74, 6) is 0.865. The first-order valence-corrected chi connectivity index (χ1v) is 9.24. The lowest BCUT2D eigenvalue weighted by Crippen LogP contribution is -2.09. The van der Waals surface area contributed by atoms with Crippen LogP contribution >= 0.6 is 11.8 Å². The lowest BCUT2D eigenvalue weighted by atomic mass is 10.1. The first-order valence-electron chi connectivity index (χ1n) is 8.36. The third kappa shape index (κ3) is 4.09. The van der Waals surface area contributed by atoms with E-state index in [4.69, 9.17) is 14.2 Å². The molecule has 1 atom stereocenters. The number of ether oxygens (including phenoxy) is 3. The number of hydrogen-bond acceptors (Lipinski definition) is 8. The van der Waals surface area contributed by atoms with Crippen LogP contribution in [0.3, 0.4) is 0 Å². The summed E-state index contributed by atoms with van der Waals surface area (Å²) in [6.45, 7) is 0. The fourth-order valence-corrected chi connectivity index (χ4v) is 3.63. The number of esters is 1. The number of aromatic nitrogens is 4. The Kier molecular flexibility index (Phi) is 6.15. The number of carbonyl (C=O) groups excluding carboxylic acids is 1. The smallest absolute Gasteiger partial charge is 0.356 e. The second kappa shape index (κ2) is 8.75. The predicted molar refractivity (Wildman–Crippen MR) is 104 cm³/mol. The molecule has 28 heavy (non-hydrogen) atoms. The highest BCUT2D eigenvalue weighted by Gasteiger charge is 2.24. The molecule has 0 aliphatic carbocycles. The fraction of sp³-hybridized carbons (Fsp3) is 0.263. The van der Waals surface area contributed by atoms with Crippen molar-refractivity contribution in [2.45, 2.75) is 10.4 Å². The SMILES string of the molecule is COC(=O)c1cnc(S[C@@H](c2ccccc2)c2nc(OC)cc(OC)n2)n1C. The molecule has 146 valence electrons. The van der Waals surface area contributed by atoms with Crippen LogP contribution in [0.15, 0.2) is 47.8 Å². The van der Waals surface area contributed by atoms with Crippen LogP contribution in [0.2, 0.25) is 0 Å². The van der Waals surface area contributed by atoms with Gasteiger partial charge in [0.15, 0.2) is 11.0 Å². The average Bonchev–Trinajstić information content (AvgIpc) is 3.11. The molecular formula is C19H20N4O4S. The molecule has 0 N–H and O–H groups in total. The highest BCUT2D eigenvalue weighted by molar-refractivity contribution is 7.99. The van der Waals surface area contributed by atoms with Crippen molar-refractivity contribution in [1.82, 2.24) is 19.5 Å². The van der Waals surface area contributed by atoms with Crippen LogP contribution in [0, 0.1) is 0 Å². The predicted octanol–water partition coefficient (Wildman–Crippen LogP) is 2.90. The molecule has 0 bridgehead atoms. The van der Waals surface area contributed by atoms with Crippen molar-refractivity contribution in [3.05, 3.63) is 59.7 Å². The molecule has 0 saturated carbocycles.